The molecule has 166 valence electrons. The Hall–Kier alpha value is -3.39. The second-order valence-electron chi connectivity index (χ2n) is 8.35. The zero-order chi connectivity index (χ0) is 22.2. The van der Waals surface area contributed by atoms with Crippen LogP contribution in [0.4, 0.5) is 5.69 Å². The molecule has 2 atom stereocenters. The van der Waals surface area contributed by atoms with Crippen LogP contribution in [0.1, 0.15) is 12.0 Å². The monoisotopic (exact) mass is 435 g/mol. The van der Waals surface area contributed by atoms with Crippen molar-refractivity contribution in [3.8, 4) is 11.5 Å². The fraction of sp³-hybridized carbons (Fsp3) is 0.375. The third kappa shape index (κ3) is 3.71. The molecule has 3 amide bonds. The zero-order valence-corrected chi connectivity index (χ0v) is 17.9. The van der Waals surface area contributed by atoms with Crippen molar-refractivity contribution in [2.75, 3.05) is 37.7 Å². The fourth-order valence-corrected chi connectivity index (χ4v) is 4.47. The third-order valence-electron chi connectivity index (χ3n) is 6.27. The zero-order valence-electron chi connectivity index (χ0n) is 17.9. The van der Waals surface area contributed by atoms with Crippen LogP contribution >= 0.6 is 0 Å². The van der Waals surface area contributed by atoms with Crippen molar-refractivity contribution < 1.29 is 23.9 Å². The Morgan fingerprint density at radius 2 is 1.62 bits per heavy atom. The average molecular weight is 435 g/mol. The molecule has 0 unspecified atom stereocenters. The topological polar surface area (TPSA) is 79.4 Å². The molecule has 0 aliphatic carbocycles. The van der Waals surface area contributed by atoms with Crippen molar-refractivity contribution >= 4 is 23.4 Å². The van der Waals surface area contributed by atoms with Gasteiger partial charge in [-0.3, -0.25) is 19.3 Å². The molecule has 0 spiro atoms. The van der Waals surface area contributed by atoms with Gasteiger partial charge in [-0.2, -0.15) is 0 Å². The van der Waals surface area contributed by atoms with Gasteiger partial charge < -0.3 is 14.4 Å². The lowest BCUT2D eigenvalue weighted by molar-refractivity contribution is -0.143. The molecule has 2 aromatic rings. The quantitative estimate of drug-likeness (QED) is 0.682. The van der Waals surface area contributed by atoms with Gasteiger partial charge in [0.25, 0.3) is 11.8 Å². The number of benzene rings is 2. The van der Waals surface area contributed by atoms with Crippen LogP contribution in [0.25, 0.3) is 0 Å². The lowest BCUT2D eigenvalue weighted by Gasteiger charge is -2.38. The Labute approximate surface area is 186 Å². The van der Waals surface area contributed by atoms with Crippen LogP contribution in [-0.2, 0) is 14.4 Å². The van der Waals surface area contributed by atoms with E-state index in [1.807, 2.05) is 42.2 Å². The van der Waals surface area contributed by atoms with E-state index in [-0.39, 0.29) is 30.7 Å². The number of ether oxygens (including phenoxy) is 2. The molecule has 3 aliphatic rings. The van der Waals surface area contributed by atoms with Gasteiger partial charge in [-0.05, 0) is 31.2 Å². The first kappa shape index (κ1) is 20.5. The van der Waals surface area contributed by atoms with Gasteiger partial charge in [-0.15, -0.1) is 0 Å². The summed E-state index contributed by atoms with van der Waals surface area (Å²) in [5, 5.41) is 0. The minimum Gasteiger partial charge on any atom is -0.485 e. The minimum absolute atomic E-state index is 0.116. The highest BCUT2D eigenvalue weighted by Crippen LogP contribution is 2.32. The number of nitrogens with zero attached hydrogens (tertiary/aromatic N) is 3. The molecule has 2 fully saturated rings. The maximum atomic E-state index is 13.0. The average Bonchev–Trinajstić information content (AvgIpc) is 3.12. The summed E-state index contributed by atoms with van der Waals surface area (Å²) in [5.41, 5.74) is 1.68. The number of carbonyl (C=O) groups excluding carboxylic acids is 3. The Bertz CT molecular complexity index is 1050. The van der Waals surface area contributed by atoms with E-state index < -0.39 is 12.1 Å². The van der Waals surface area contributed by atoms with Crippen molar-refractivity contribution in [2.45, 2.75) is 25.5 Å². The maximum Gasteiger partial charge on any atom is 0.267 e. The largest absolute Gasteiger partial charge is 0.485 e. The molecule has 2 saturated heterocycles. The maximum absolute atomic E-state index is 13.0. The molecule has 8 nitrogen and oxygen atoms in total. The second-order valence-corrected chi connectivity index (χ2v) is 8.35. The highest BCUT2D eigenvalue weighted by Gasteiger charge is 2.44. The van der Waals surface area contributed by atoms with E-state index in [1.165, 1.54) is 4.90 Å². The molecule has 0 radical (unpaired) electrons. The predicted octanol–water partition coefficient (Wildman–Crippen LogP) is 1.61. The van der Waals surface area contributed by atoms with Crippen molar-refractivity contribution in [2.24, 2.45) is 0 Å². The summed E-state index contributed by atoms with van der Waals surface area (Å²) < 4.78 is 11.5. The van der Waals surface area contributed by atoms with Gasteiger partial charge in [-0.25, -0.2) is 4.90 Å². The van der Waals surface area contributed by atoms with Gasteiger partial charge in [-0.1, -0.05) is 29.8 Å². The molecule has 32 heavy (non-hydrogen) atoms. The van der Waals surface area contributed by atoms with Gasteiger partial charge in [0.2, 0.25) is 12.0 Å². The number of anilines is 1. The SMILES string of the molecule is Cc1ccc(N2C(=O)C[C@@H](N3CCN(C(=O)[C@@H]4COc5ccccc5O4)CC3)C2=O)cc1. The van der Waals surface area contributed by atoms with Crippen molar-refractivity contribution in [1.82, 2.24) is 9.80 Å². The van der Waals surface area contributed by atoms with Gasteiger partial charge in [0.1, 0.15) is 6.61 Å². The van der Waals surface area contributed by atoms with Gasteiger partial charge >= 0.3 is 0 Å². The Morgan fingerprint density at radius 3 is 2.34 bits per heavy atom. The van der Waals surface area contributed by atoms with Crippen molar-refractivity contribution in [3.05, 3.63) is 54.1 Å². The molecule has 0 saturated carbocycles. The van der Waals surface area contributed by atoms with Crippen LogP contribution in [0.3, 0.4) is 0 Å². The smallest absolute Gasteiger partial charge is 0.267 e. The Morgan fingerprint density at radius 1 is 0.938 bits per heavy atom. The molecule has 5 rings (SSSR count). The molecule has 3 heterocycles. The number of carbonyl (C=O) groups is 3. The Kier molecular flexibility index (Phi) is 5.30. The van der Waals surface area contributed by atoms with E-state index >= 15 is 0 Å². The summed E-state index contributed by atoms with van der Waals surface area (Å²) in [7, 11) is 0. The molecular formula is C24H25N3O5. The van der Waals surface area contributed by atoms with Gasteiger partial charge in [0.05, 0.1) is 18.2 Å². The fourth-order valence-electron chi connectivity index (χ4n) is 4.47. The Balaban J connectivity index is 1.20. The second kappa shape index (κ2) is 8.27. The number of para-hydroxylation sites is 2. The number of hydrogen-bond acceptors (Lipinski definition) is 6. The normalized spacial score (nSPS) is 23.5. The number of fused-ring (bicyclic) bond motifs is 1. The molecule has 3 aliphatic heterocycles. The summed E-state index contributed by atoms with van der Waals surface area (Å²) in [5.74, 6) is 0.716. The highest BCUT2D eigenvalue weighted by molar-refractivity contribution is 6.22. The summed E-state index contributed by atoms with van der Waals surface area (Å²) >= 11 is 0. The van der Waals surface area contributed by atoms with Crippen LogP contribution < -0.4 is 14.4 Å². The first-order chi connectivity index (χ1) is 15.5. The van der Waals surface area contributed by atoms with Crippen LogP contribution in [0.5, 0.6) is 11.5 Å². The van der Waals surface area contributed by atoms with Crippen LogP contribution in [0.2, 0.25) is 0 Å². The first-order valence-corrected chi connectivity index (χ1v) is 10.9. The van der Waals surface area contributed by atoms with E-state index in [4.69, 9.17) is 9.47 Å². The molecule has 2 aromatic carbocycles. The summed E-state index contributed by atoms with van der Waals surface area (Å²) in [6.07, 6.45) is -0.514. The molecule has 8 heteroatoms. The standard InChI is InChI=1S/C24H25N3O5/c1-16-6-8-17(9-7-16)27-22(28)14-18(23(27)29)25-10-12-26(13-11-25)24(30)21-15-31-19-4-2-3-5-20(19)32-21/h2-9,18,21H,10-15H2,1H3/t18-,21+/m1/s1. The van der Waals surface area contributed by atoms with Crippen LogP contribution in [0.15, 0.2) is 48.5 Å². The number of aryl methyl sites for hydroxylation is 1. The molecular weight excluding hydrogens is 410 g/mol. The van der Waals surface area contributed by atoms with Crippen LogP contribution in [0, 0.1) is 6.92 Å². The van der Waals surface area contributed by atoms with Gasteiger partial charge in [0.15, 0.2) is 11.5 Å². The van der Waals surface area contributed by atoms with E-state index in [9.17, 15) is 14.4 Å². The van der Waals surface area contributed by atoms with Crippen LogP contribution in [-0.4, -0.2) is 72.5 Å². The van der Waals surface area contributed by atoms with E-state index in [2.05, 4.69) is 0 Å². The third-order valence-corrected chi connectivity index (χ3v) is 6.27. The van der Waals surface area contributed by atoms with Crippen molar-refractivity contribution in [3.63, 3.8) is 0 Å². The van der Waals surface area contributed by atoms with Gasteiger partial charge in [0, 0.05) is 26.2 Å². The van der Waals surface area contributed by atoms with E-state index in [0.29, 0.717) is 43.4 Å². The van der Waals surface area contributed by atoms with E-state index in [0.717, 1.165) is 5.56 Å². The summed E-state index contributed by atoms with van der Waals surface area (Å²) in [6.45, 7) is 4.15. The molecule has 0 aromatic heterocycles. The number of rotatable bonds is 3. The lowest BCUT2D eigenvalue weighted by atomic mass is 10.1. The molecule has 0 bridgehead atoms. The van der Waals surface area contributed by atoms with E-state index in [1.54, 1.807) is 23.1 Å². The highest BCUT2D eigenvalue weighted by atomic mass is 16.6. The predicted molar refractivity (Wildman–Crippen MR) is 117 cm³/mol. The summed E-state index contributed by atoms with van der Waals surface area (Å²) in [4.78, 5) is 43.6. The first-order valence-electron chi connectivity index (χ1n) is 10.9. The minimum atomic E-state index is -0.678. The number of imide groups is 1. The lowest BCUT2D eigenvalue weighted by Crippen LogP contribution is -2.57. The molecule has 0 N–H and O–H groups in total. The summed E-state index contributed by atoms with van der Waals surface area (Å²) in [6, 6.07) is 14.2. The van der Waals surface area contributed by atoms with Crippen molar-refractivity contribution in [1.29, 1.82) is 0 Å². The number of amides is 3. The number of hydrogen-bond donors (Lipinski definition) is 0. The number of piperazine rings is 1.